The molecule has 2 aromatic rings. The summed E-state index contributed by atoms with van der Waals surface area (Å²) >= 11 is 9.82. The fourth-order valence-electron chi connectivity index (χ4n) is 2.35. The lowest BCUT2D eigenvalue weighted by atomic mass is 10.0. The van der Waals surface area contributed by atoms with Crippen LogP contribution in [0.4, 0.5) is 0 Å². The van der Waals surface area contributed by atoms with Crippen LogP contribution in [0.3, 0.4) is 0 Å². The van der Waals surface area contributed by atoms with Gasteiger partial charge in [0.1, 0.15) is 5.75 Å². The average Bonchev–Trinajstić information content (AvgIpc) is 2.74. The van der Waals surface area contributed by atoms with E-state index in [0.29, 0.717) is 11.4 Å². The van der Waals surface area contributed by atoms with Crippen LogP contribution in [0, 0.1) is 0 Å². The van der Waals surface area contributed by atoms with Crippen molar-refractivity contribution < 1.29 is 4.74 Å². The highest BCUT2D eigenvalue weighted by Crippen LogP contribution is 2.31. The molecule has 6 heteroatoms. The summed E-state index contributed by atoms with van der Waals surface area (Å²) in [6.45, 7) is 2.04. The summed E-state index contributed by atoms with van der Waals surface area (Å²) in [4.78, 5) is 0. The molecule has 4 nitrogen and oxygen atoms in total. The summed E-state index contributed by atoms with van der Waals surface area (Å²) in [6, 6.07) is 5.64. The predicted molar refractivity (Wildman–Crippen MR) is 88.9 cm³/mol. The van der Waals surface area contributed by atoms with Gasteiger partial charge in [0.15, 0.2) is 0 Å². The second-order valence-corrected chi connectivity index (χ2v) is 6.18. The van der Waals surface area contributed by atoms with Gasteiger partial charge in [-0.05, 0) is 18.6 Å². The van der Waals surface area contributed by atoms with Gasteiger partial charge in [-0.15, -0.1) is 0 Å². The summed E-state index contributed by atoms with van der Waals surface area (Å²) in [5, 5.41) is 5.14. The molecular formula is C15H19BrClN3O. The Balaban J connectivity index is 2.30. The van der Waals surface area contributed by atoms with E-state index < -0.39 is 0 Å². The Morgan fingerprint density at radius 2 is 2.19 bits per heavy atom. The van der Waals surface area contributed by atoms with Crippen molar-refractivity contribution in [3.05, 3.63) is 44.6 Å². The number of aromatic nitrogens is 2. The minimum absolute atomic E-state index is 0.203. The largest absolute Gasteiger partial charge is 0.496 e. The SMILES string of the molecule is CCc1nn(C)c(CC(N)c2ccc(Br)cc2OC)c1Cl. The van der Waals surface area contributed by atoms with Crippen LogP contribution in [-0.4, -0.2) is 16.9 Å². The number of aryl methyl sites for hydroxylation is 2. The normalized spacial score (nSPS) is 12.5. The smallest absolute Gasteiger partial charge is 0.124 e. The van der Waals surface area contributed by atoms with Gasteiger partial charge in [0.25, 0.3) is 0 Å². The van der Waals surface area contributed by atoms with Gasteiger partial charge in [-0.3, -0.25) is 4.68 Å². The second kappa shape index (κ2) is 6.81. The van der Waals surface area contributed by atoms with E-state index in [1.807, 2.05) is 36.9 Å². The number of nitrogens with two attached hydrogens (primary N) is 1. The third kappa shape index (κ3) is 3.42. The summed E-state index contributed by atoms with van der Waals surface area (Å²) < 4.78 is 8.18. The Morgan fingerprint density at radius 1 is 1.48 bits per heavy atom. The fraction of sp³-hybridized carbons (Fsp3) is 0.400. The lowest BCUT2D eigenvalue weighted by Crippen LogP contribution is -2.16. The van der Waals surface area contributed by atoms with E-state index >= 15 is 0 Å². The Hall–Kier alpha value is -1.04. The molecule has 1 aromatic carbocycles. The zero-order chi connectivity index (χ0) is 15.6. The number of hydrogen-bond donors (Lipinski definition) is 1. The number of rotatable bonds is 5. The third-order valence-electron chi connectivity index (χ3n) is 3.51. The van der Waals surface area contributed by atoms with Crippen LogP contribution in [-0.2, 0) is 19.9 Å². The number of ether oxygens (including phenoxy) is 1. The van der Waals surface area contributed by atoms with E-state index in [1.54, 1.807) is 7.11 Å². The van der Waals surface area contributed by atoms with E-state index in [4.69, 9.17) is 22.1 Å². The summed E-state index contributed by atoms with van der Waals surface area (Å²) in [6.07, 6.45) is 1.42. The van der Waals surface area contributed by atoms with Crippen LogP contribution >= 0.6 is 27.5 Å². The highest BCUT2D eigenvalue weighted by atomic mass is 79.9. The first-order chi connectivity index (χ1) is 9.97. The summed E-state index contributed by atoms with van der Waals surface area (Å²) in [5.74, 6) is 0.769. The summed E-state index contributed by atoms with van der Waals surface area (Å²) in [7, 11) is 3.54. The van der Waals surface area contributed by atoms with Crippen molar-refractivity contribution in [3.63, 3.8) is 0 Å². The zero-order valence-corrected chi connectivity index (χ0v) is 14.7. The van der Waals surface area contributed by atoms with E-state index in [2.05, 4.69) is 21.0 Å². The molecule has 0 bridgehead atoms. The Bertz CT molecular complexity index is 642. The van der Waals surface area contributed by atoms with Crippen molar-refractivity contribution in [2.75, 3.05) is 7.11 Å². The van der Waals surface area contributed by atoms with Crippen LogP contribution in [0.15, 0.2) is 22.7 Å². The molecule has 0 radical (unpaired) electrons. The quantitative estimate of drug-likeness (QED) is 0.871. The molecule has 1 atom stereocenters. The molecule has 1 heterocycles. The van der Waals surface area contributed by atoms with Crippen molar-refractivity contribution in [2.24, 2.45) is 12.8 Å². The van der Waals surface area contributed by atoms with Crippen LogP contribution < -0.4 is 10.5 Å². The lowest BCUT2D eigenvalue weighted by molar-refractivity contribution is 0.404. The molecule has 2 rings (SSSR count). The van der Waals surface area contributed by atoms with E-state index in [0.717, 1.165) is 33.6 Å². The Kier molecular flexibility index (Phi) is 5.30. The van der Waals surface area contributed by atoms with E-state index in [9.17, 15) is 0 Å². The minimum Gasteiger partial charge on any atom is -0.496 e. The van der Waals surface area contributed by atoms with Crippen LogP contribution in [0.25, 0.3) is 0 Å². The highest BCUT2D eigenvalue weighted by molar-refractivity contribution is 9.10. The standard InChI is InChI=1S/C15H19BrClN3O/c1-4-12-15(17)13(20(2)19-12)8-11(18)10-6-5-9(16)7-14(10)21-3/h5-7,11H,4,8,18H2,1-3H3. The number of methoxy groups -OCH3 is 1. The van der Waals surface area contributed by atoms with Gasteiger partial charge in [0.2, 0.25) is 0 Å². The topological polar surface area (TPSA) is 53.1 Å². The van der Waals surface area contributed by atoms with Crippen LogP contribution in [0.2, 0.25) is 5.02 Å². The molecule has 2 N–H and O–H groups in total. The van der Waals surface area contributed by atoms with Crippen molar-refractivity contribution in [2.45, 2.75) is 25.8 Å². The van der Waals surface area contributed by atoms with Crippen molar-refractivity contribution in [1.29, 1.82) is 0 Å². The van der Waals surface area contributed by atoms with Crippen LogP contribution in [0.5, 0.6) is 5.75 Å². The van der Waals surface area contributed by atoms with Crippen molar-refractivity contribution in [1.82, 2.24) is 9.78 Å². The first kappa shape index (κ1) is 16.3. The third-order valence-corrected chi connectivity index (χ3v) is 4.44. The second-order valence-electron chi connectivity index (χ2n) is 4.88. The maximum atomic E-state index is 6.38. The number of hydrogen-bond acceptors (Lipinski definition) is 3. The van der Waals surface area contributed by atoms with Crippen molar-refractivity contribution in [3.8, 4) is 5.75 Å². The van der Waals surface area contributed by atoms with Gasteiger partial charge in [-0.2, -0.15) is 5.10 Å². The van der Waals surface area contributed by atoms with Crippen LogP contribution in [0.1, 0.15) is 29.9 Å². The number of benzene rings is 1. The minimum atomic E-state index is -0.203. The summed E-state index contributed by atoms with van der Waals surface area (Å²) in [5.41, 5.74) is 9.16. The van der Waals surface area contributed by atoms with E-state index in [1.165, 1.54) is 0 Å². The highest BCUT2D eigenvalue weighted by Gasteiger charge is 2.19. The Morgan fingerprint density at radius 3 is 2.76 bits per heavy atom. The molecule has 0 aliphatic rings. The molecule has 21 heavy (non-hydrogen) atoms. The van der Waals surface area contributed by atoms with Gasteiger partial charge in [0, 0.05) is 29.5 Å². The monoisotopic (exact) mass is 371 g/mol. The number of nitrogens with zero attached hydrogens (tertiary/aromatic N) is 2. The molecule has 0 fully saturated rings. The van der Waals surface area contributed by atoms with E-state index in [-0.39, 0.29) is 6.04 Å². The zero-order valence-electron chi connectivity index (χ0n) is 12.4. The maximum Gasteiger partial charge on any atom is 0.124 e. The molecule has 114 valence electrons. The predicted octanol–water partition coefficient (Wildman–Crippen LogP) is 3.65. The molecule has 0 saturated heterocycles. The maximum absolute atomic E-state index is 6.38. The lowest BCUT2D eigenvalue weighted by Gasteiger charge is -2.16. The van der Waals surface area contributed by atoms with Gasteiger partial charge >= 0.3 is 0 Å². The molecular weight excluding hydrogens is 354 g/mol. The average molecular weight is 373 g/mol. The first-order valence-corrected chi connectivity index (χ1v) is 7.94. The van der Waals surface area contributed by atoms with Crippen molar-refractivity contribution >= 4 is 27.5 Å². The molecule has 0 amide bonds. The molecule has 0 spiro atoms. The van der Waals surface area contributed by atoms with Gasteiger partial charge in [-0.1, -0.05) is 40.5 Å². The first-order valence-electron chi connectivity index (χ1n) is 6.77. The fourth-order valence-corrected chi connectivity index (χ4v) is 3.06. The Labute approximate surface area is 138 Å². The molecule has 0 aliphatic carbocycles. The molecule has 0 aliphatic heterocycles. The number of halogens is 2. The van der Waals surface area contributed by atoms with Gasteiger partial charge in [0.05, 0.1) is 23.5 Å². The molecule has 1 unspecified atom stereocenters. The van der Waals surface area contributed by atoms with Gasteiger partial charge < -0.3 is 10.5 Å². The van der Waals surface area contributed by atoms with Gasteiger partial charge in [-0.25, -0.2) is 0 Å². The molecule has 1 aromatic heterocycles. The molecule has 0 saturated carbocycles.